The van der Waals surface area contributed by atoms with Gasteiger partial charge in [0, 0.05) is 32.7 Å². The zero-order chi connectivity index (χ0) is 21.7. The molecular formula is C20H60N2O2Y. The van der Waals surface area contributed by atoms with E-state index < -0.39 is 6.03 Å². The van der Waals surface area contributed by atoms with Gasteiger partial charge in [0.15, 0.2) is 0 Å². The molecule has 6 N–H and O–H groups in total. The minimum atomic E-state index is -2.50. The molecule has 0 saturated heterocycles. The van der Waals surface area contributed by atoms with Gasteiger partial charge in [-0.05, 0) is 11.8 Å². The van der Waals surface area contributed by atoms with Crippen molar-refractivity contribution in [2.75, 3.05) is 0 Å². The molecule has 0 bridgehead atoms. The van der Waals surface area contributed by atoms with Gasteiger partial charge in [-0.25, -0.2) is 0 Å². The van der Waals surface area contributed by atoms with Crippen LogP contribution in [0.5, 0.6) is 0 Å². The molecule has 0 aromatic heterocycles. The summed E-state index contributed by atoms with van der Waals surface area (Å²) < 4.78 is 0. The van der Waals surface area contributed by atoms with E-state index in [1.807, 2.05) is 83.1 Å². The van der Waals surface area contributed by atoms with Gasteiger partial charge in [-0.2, -0.15) is 0 Å². The predicted molar refractivity (Wildman–Crippen MR) is 120 cm³/mol. The van der Waals surface area contributed by atoms with E-state index in [-0.39, 0.29) is 40.1 Å². The third-order valence-electron chi connectivity index (χ3n) is 1.33. The molecule has 0 heterocycles. The van der Waals surface area contributed by atoms with E-state index in [1.165, 1.54) is 0 Å². The Balaban J connectivity index is -0.0000000136. The Morgan fingerprint density at radius 2 is 0.560 bits per heavy atom. The van der Waals surface area contributed by atoms with Crippen molar-refractivity contribution in [3.63, 3.8) is 0 Å². The maximum atomic E-state index is 7.63. The Morgan fingerprint density at radius 1 is 0.520 bits per heavy atom. The monoisotopic (exact) mass is 449 g/mol. The van der Waals surface area contributed by atoms with Crippen LogP contribution in [0.25, 0.3) is 0 Å². The molecule has 0 aliphatic heterocycles. The van der Waals surface area contributed by atoms with Gasteiger partial charge in [0.2, 0.25) is 0 Å². The molecule has 0 fully saturated rings. The minimum absolute atomic E-state index is 0. The summed E-state index contributed by atoms with van der Waals surface area (Å²) in [5.74, 6) is 1.70. The average molecular weight is 450 g/mol. The average Bonchev–Trinajstić information content (AvgIpc) is 2.57. The van der Waals surface area contributed by atoms with Crippen LogP contribution in [0.15, 0.2) is 0 Å². The van der Waals surface area contributed by atoms with Gasteiger partial charge >= 0.3 is 0 Å². The number of rotatable bonds is 1. The van der Waals surface area contributed by atoms with Crippen LogP contribution in [0.2, 0.25) is 0 Å². The smallest absolute Gasteiger partial charge is 0.281 e. The van der Waals surface area contributed by atoms with Crippen LogP contribution in [-0.2, 0) is 32.7 Å². The molecule has 0 atom stereocenters. The summed E-state index contributed by atoms with van der Waals surface area (Å²) in [6, 6.07) is -2.50. The first-order valence-electron chi connectivity index (χ1n) is 9.67. The number of hydrogen-bond donors (Lipinski definition) is 4. The van der Waals surface area contributed by atoms with Gasteiger partial charge in [0.25, 0.3) is 6.03 Å². The van der Waals surface area contributed by atoms with E-state index in [2.05, 4.69) is 39.2 Å². The summed E-state index contributed by atoms with van der Waals surface area (Å²) in [5, 5.41) is 15.3. The van der Waals surface area contributed by atoms with Crippen LogP contribution in [0.1, 0.15) is 118 Å². The van der Waals surface area contributed by atoms with Gasteiger partial charge in [0.05, 0.1) is 0 Å². The molecule has 0 spiro atoms. The largest absolute Gasteiger partial charge is 0.341 e. The summed E-state index contributed by atoms with van der Waals surface area (Å²) in [5.41, 5.74) is 8.49. The molecule has 4 nitrogen and oxygen atoms in total. The van der Waals surface area contributed by atoms with E-state index in [4.69, 9.17) is 10.2 Å². The molecule has 0 saturated carbocycles. The SMILES string of the molecule is C.CC.CC.CC.CC.CC.CC.CC(C)C(C)C.NC(N)(O)O.[Y]. The fraction of sp³-hybridized carbons (Fsp3) is 1.00. The van der Waals surface area contributed by atoms with Crippen LogP contribution in [-0.4, -0.2) is 16.2 Å². The van der Waals surface area contributed by atoms with Gasteiger partial charge in [-0.1, -0.05) is 118 Å². The van der Waals surface area contributed by atoms with Gasteiger partial charge < -0.3 is 10.2 Å². The molecule has 0 amide bonds. The quantitative estimate of drug-likeness (QED) is 0.340. The second-order valence-electron chi connectivity index (χ2n) is 3.27. The van der Waals surface area contributed by atoms with Crippen molar-refractivity contribution in [2.45, 2.75) is 124 Å². The maximum absolute atomic E-state index is 7.63. The molecule has 0 unspecified atom stereocenters. The fourth-order valence-electron chi connectivity index (χ4n) is 0. The normalized spacial score (nSPS) is 6.48. The van der Waals surface area contributed by atoms with Crippen molar-refractivity contribution >= 4 is 0 Å². The van der Waals surface area contributed by atoms with Gasteiger partial charge in [-0.3, -0.25) is 11.5 Å². The van der Waals surface area contributed by atoms with Crippen LogP contribution < -0.4 is 11.5 Å². The molecule has 0 aromatic carbocycles. The topological polar surface area (TPSA) is 92.5 Å². The summed E-state index contributed by atoms with van der Waals surface area (Å²) >= 11 is 0. The summed E-state index contributed by atoms with van der Waals surface area (Å²) in [6.45, 7) is 33.0. The molecule has 0 aliphatic carbocycles. The molecule has 0 aromatic rings. The van der Waals surface area contributed by atoms with E-state index in [9.17, 15) is 0 Å². The second kappa shape index (κ2) is 85.4. The van der Waals surface area contributed by atoms with Gasteiger partial charge in [-0.15, -0.1) is 0 Å². The first-order chi connectivity index (χ1) is 10.6. The Morgan fingerprint density at radius 3 is 0.560 bits per heavy atom. The molecule has 5 heteroatoms. The summed E-state index contributed by atoms with van der Waals surface area (Å²) in [6.07, 6.45) is 0. The van der Waals surface area contributed by atoms with Crippen LogP contribution in [0.4, 0.5) is 0 Å². The number of hydrogen-bond acceptors (Lipinski definition) is 4. The first kappa shape index (κ1) is 63.5. The van der Waals surface area contributed by atoms with E-state index in [0.29, 0.717) is 0 Å². The Bertz CT molecular complexity index is 86.2. The fourth-order valence-corrected chi connectivity index (χ4v) is 0. The van der Waals surface area contributed by atoms with E-state index in [0.717, 1.165) is 11.8 Å². The third kappa shape index (κ3) is 537. The zero-order valence-corrected chi connectivity index (χ0v) is 23.1. The molecule has 165 valence electrons. The van der Waals surface area contributed by atoms with Crippen molar-refractivity contribution in [3.8, 4) is 0 Å². The zero-order valence-electron chi connectivity index (χ0n) is 20.3. The second-order valence-corrected chi connectivity index (χ2v) is 3.27. The number of aliphatic hydroxyl groups is 2. The summed E-state index contributed by atoms with van der Waals surface area (Å²) in [7, 11) is 0. The van der Waals surface area contributed by atoms with Crippen LogP contribution in [0, 0.1) is 11.8 Å². The van der Waals surface area contributed by atoms with E-state index >= 15 is 0 Å². The Labute approximate surface area is 189 Å². The predicted octanol–water partition coefficient (Wildman–Crippen LogP) is 6.59. The Kier molecular flexibility index (Phi) is 217. The van der Waals surface area contributed by atoms with Crippen molar-refractivity contribution < 1.29 is 42.9 Å². The molecular weight excluding hydrogens is 389 g/mol. The van der Waals surface area contributed by atoms with Crippen LogP contribution >= 0.6 is 0 Å². The molecule has 0 rings (SSSR count). The third-order valence-corrected chi connectivity index (χ3v) is 1.33. The molecule has 25 heavy (non-hydrogen) atoms. The van der Waals surface area contributed by atoms with E-state index in [1.54, 1.807) is 0 Å². The van der Waals surface area contributed by atoms with Crippen molar-refractivity contribution in [3.05, 3.63) is 0 Å². The van der Waals surface area contributed by atoms with Crippen molar-refractivity contribution in [1.82, 2.24) is 0 Å². The maximum Gasteiger partial charge on any atom is 0.281 e. The van der Waals surface area contributed by atoms with Crippen molar-refractivity contribution in [2.24, 2.45) is 23.3 Å². The van der Waals surface area contributed by atoms with Gasteiger partial charge in [0.1, 0.15) is 0 Å². The van der Waals surface area contributed by atoms with Crippen LogP contribution in [0.3, 0.4) is 0 Å². The standard InChI is InChI=1S/C6H14.6C2H6.CH6N2O2.CH4.Y/c1-5(2)6(3)4;6*1-2;2-1(3,4)5;;/h5-6H,1-4H3;6*1-2H3;4-5H,2-3H2;1H4;. The molecule has 0 aliphatic rings. The Hall–Kier alpha value is 0.944. The molecule has 1 radical (unpaired) electrons. The first-order valence-corrected chi connectivity index (χ1v) is 9.67. The number of nitrogens with two attached hydrogens (primary N) is 2. The van der Waals surface area contributed by atoms with Crippen molar-refractivity contribution in [1.29, 1.82) is 0 Å². The summed E-state index contributed by atoms with van der Waals surface area (Å²) in [4.78, 5) is 0. The minimum Gasteiger partial charge on any atom is -0.341 e.